The maximum atomic E-state index is 11.9. The molecule has 0 fully saturated rings. The smallest absolute Gasteiger partial charge is 0.220 e. The van der Waals surface area contributed by atoms with Crippen LogP contribution in [0.5, 0.6) is 0 Å². The quantitative estimate of drug-likeness (QED) is 0.774. The number of rotatable bonds is 8. The van der Waals surface area contributed by atoms with Crippen molar-refractivity contribution in [3.63, 3.8) is 0 Å². The van der Waals surface area contributed by atoms with Gasteiger partial charge in [0.2, 0.25) is 5.91 Å². The second-order valence-corrected chi connectivity index (χ2v) is 5.89. The summed E-state index contributed by atoms with van der Waals surface area (Å²) in [5, 5.41) is 3.78. The Kier molecular flexibility index (Phi) is 7.63. The molecule has 3 nitrogen and oxygen atoms in total. The van der Waals surface area contributed by atoms with Crippen LogP contribution in [0.3, 0.4) is 0 Å². The van der Waals surface area contributed by atoms with Gasteiger partial charge < -0.3 is 11.1 Å². The van der Waals surface area contributed by atoms with E-state index >= 15 is 0 Å². The summed E-state index contributed by atoms with van der Waals surface area (Å²) in [6, 6.07) is 7.83. The van der Waals surface area contributed by atoms with Gasteiger partial charge in [-0.1, -0.05) is 36.7 Å². The molecule has 0 spiro atoms. The molecule has 1 rings (SSSR count). The summed E-state index contributed by atoms with van der Waals surface area (Å²) in [6.45, 7) is 4.82. The molecule has 0 heterocycles. The van der Waals surface area contributed by atoms with Gasteiger partial charge in [0.1, 0.15) is 0 Å². The third kappa shape index (κ3) is 6.40. The number of carbonyl (C=O) groups excluding carboxylic acids is 1. The van der Waals surface area contributed by atoms with Crippen molar-refractivity contribution in [2.75, 3.05) is 6.54 Å². The molecule has 0 saturated carbocycles. The third-order valence-electron chi connectivity index (χ3n) is 3.41. The van der Waals surface area contributed by atoms with Crippen molar-refractivity contribution in [1.82, 2.24) is 5.32 Å². The Bertz CT molecular complexity index is 423. The minimum atomic E-state index is 0.0900. The van der Waals surface area contributed by atoms with E-state index in [2.05, 4.69) is 12.2 Å². The molecule has 112 valence electrons. The summed E-state index contributed by atoms with van der Waals surface area (Å²) in [5.74, 6) is 0.609. The fraction of sp³-hybridized carbons (Fsp3) is 0.562. The summed E-state index contributed by atoms with van der Waals surface area (Å²) in [7, 11) is 0. The highest BCUT2D eigenvalue weighted by atomic mass is 35.5. The van der Waals surface area contributed by atoms with Gasteiger partial charge in [-0.25, -0.2) is 0 Å². The largest absolute Gasteiger partial charge is 0.353 e. The Labute approximate surface area is 126 Å². The van der Waals surface area contributed by atoms with Crippen molar-refractivity contribution in [2.24, 2.45) is 11.7 Å². The van der Waals surface area contributed by atoms with E-state index in [1.54, 1.807) is 0 Å². The van der Waals surface area contributed by atoms with Crippen LogP contribution in [-0.4, -0.2) is 18.5 Å². The van der Waals surface area contributed by atoms with Crippen molar-refractivity contribution in [2.45, 2.75) is 45.6 Å². The molecule has 0 bridgehead atoms. The zero-order valence-electron chi connectivity index (χ0n) is 12.4. The number of carbonyl (C=O) groups is 1. The number of hydrogen-bond donors (Lipinski definition) is 2. The van der Waals surface area contributed by atoms with Gasteiger partial charge in [-0.2, -0.15) is 0 Å². The predicted molar refractivity (Wildman–Crippen MR) is 84.8 cm³/mol. The summed E-state index contributed by atoms with van der Waals surface area (Å²) >= 11 is 6.12. The molecule has 2 atom stereocenters. The Balaban J connectivity index is 2.33. The molecule has 4 heteroatoms. The van der Waals surface area contributed by atoms with Crippen molar-refractivity contribution < 1.29 is 4.79 Å². The minimum Gasteiger partial charge on any atom is -0.353 e. The molecule has 2 unspecified atom stereocenters. The summed E-state index contributed by atoms with van der Waals surface area (Å²) in [5.41, 5.74) is 6.57. The maximum Gasteiger partial charge on any atom is 0.220 e. The molecule has 1 aromatic rings. The highest BCUT2D eigenvalue weighted by molar-refractivity contribution is 6.31. The van der Waals surface area contributed by atoms with E-state index in [-0.39, 0.29) is 11.9 Å². The van der Waals surface area contributed by atoms with Crippen LogP contribution in [0, 0.1) is 5.92 Å². The lowest BCUT2D eigenvalue weighted by atomic mass is 10.0. The molecule has 0 aliphatic heterocycles. The summed E-state index contributed by atoms with van der Waals surface area (Å²) in [6.07, 6.45) is 3.18. The summed E-state index contributed by atoms with van der Waals surface area (Å²) in [4.78, 5) is 11.9. The highest BCUT2D eigenvalue weighted by Crippen LogP contribution is 2.16. The van der Waals surface area contributed by atoms with Gasteiger partial charge in [0.05, 0.1) is 0 Å². The van der Waals surface area contributed by atoms with Gasteiger partial charge in [-0.15, -0.1) is 0 Å². The van der Waals surface area contributed by atoms with E-state index in [0.717, 1.165) is 29.8 Å². The second kappa shape index (κ2) is 8.98. The average Bonchev–Trinajstić information content (AvgIpc) is 2.39. The normalized spacial score (nSPS) is 13.8. The average molecular weight is 297 g/mol. The van der Waals surface area contributed by atoms with Gasteiger partial charge in [-0.3, -0.25) is 4.79 Å². The van der Waals surface area contributed by atoms with Crippen molar-refractivity contribution in [3.05, 3.63) is 34.9 Å². The van der Waals surface area contributed by atoms with Crippen LogP contribution in [-0.2, 0) is 11.2 Å². The Morgan fingerprint density at radius 2 is 2.00 bits per heavy atom. The third-order valence-corrected chi connectivity index (χ3v) is 3.78. The lowest BCUT2D eigenvalue weighted by molar-refractivity contribution is -0.121. The maximum absolute atomic E-state index is 11.9. The molecule has 1 aromatic carbocycles. The molecular weight excluding hydrogens is 272 g/mol. The number of halogens is 1. The van der Waals surface area contributed by atoms with Crippen LogP contribution >= 0.6 is 11.6 Å². The van der Waals surface area contributed by atoms with E-state index < -0.39 is 0 Å². The van der Waals surface area contributed by atoms with Crippen LogP contribution in [0.2, 0.25) is 5.02 Å². The summed E-state index contributed by atoms with van der Waals surface area (Å²) < 4.78 is 0. The Morgan fingerprint density at radius 3 is 2.65 bits per heavy atom. The molecule has 20 heavy (non-hydrogen) atoms. The first-order valence-electron chi connectivity index (χ1n) is 7.25. The van der Waals surface area contributed by atoms with Crippen molar-refractivity contribution in [1.29, 1.82) is 0 Å². The molecule has 3 N–H and O–H groups in total. The number of benzene rings is 1. The lowest BCUT2D eigenvalue weighted by Crippen LogP contribution is -2.34. The molecular formula is C16H25ClN2O. The zero-order chi connectivity index (χ0) is 15.0. The Hall–Kier alpha value is -1.06. The van der Waals surface area contributed by atoms with E-state index in [0.29, 0.717) is 18.9 Å². The Morgan fingerprint density at radius 1 is 1.30 bits per heavy atom. The molecule has 0 aliphatic rings. The molecule has 1 amide bonds. The van der Waals surface area contributed by atoms with Gasteiger partial charge in [-0.05, 0) is 50.3 Å². The molecule has 0 aromatic heterocycles. The fourth-order valence-corrected chi connectivity index (χ4v) is 2.41. The van der Waals surface area contributed by atoms with Crippen molar-refractivity contribution >= 4 is 17.5 Å². The number of nitrogens with two attached hydrogens (primary N) is 1. The number of amides is 1. The number of hydrogen-bond acceptors (Lipinski definition) is 2. The van der Waals surface area contributed by atoms with E-state index in [1.165, 1.54) is 0 Å². The van der Waals surface area contributed by atoms with E-state index in [9.17, 15) is 4.79 Å². The topological polar surface area (TPSA) is 55.1 Å². The number of nitrogens with one attached hydrogen (secondary N) is 1. The first-order chi connectivity index (χ1) is 9.52. The van der Waals surface area contributed by atoms with Crippen LogP contribution < -0.4 is 11.1 Å². The lowest BCUT2D eigenvalue weighted by Gasteiger charge is -2.16. The fourth-order valence-electron chi connectivity index (χ4n) is 2.20. The molecule has 0 aliphatic carbocycles. The van der Waals surface area contributed by atoms with Crippen LogP contribution in [0.1, 0.15) is 38.7 Å². The van der Waals surface area contributed by atoms with Gasteiger partial charge in [0.25, 0.3) is 0 Å². The predicted octanol–water partition coefficient (Wildman–Crippen LogP) is 3.15. The van der Waals surface area contributed by atoms with Gasteiger partial charge in [0.15, 0.2) is 0 Å². The first kappa shape index (κ1) is 17.0. The van der Waals surface area contributed by atoms with Gasteiger partial charge >= 0.3 is 0 Å². The SMILES string of the molecule is CC(CCN)CCC(=O)NC(C)Cc1ccccc1Cl. The zero-order valence-corrected chi connectivity index (χ0v) is 13.1. The molecule has 0 saturated heterocycles. The first-order valence-corrected chi connectivity index (χ1v) is 7.63. The minimum absolute atomic E-state index is 0.0900. The standard InChI is InChI=1S/C16H25ClN2O/c1-12(9-10-18)7-8-16(20)19-13(2)11-14-5-3-4-6-15(14)17/h3-6,12-13H,7-11,18H2,1-2H3,(H,19,20). The van der Waals surface area contributed by atoms with Crippen LogP contribution in [0.15, 0.2) is 24.3 Å². The van der Waals surface area contributed by atoms with Crippen LogP contribution in [0.4, 0.5) is 0 Å². The second-order valence-electron chi connectivity index (χ2n) is 5.49. The van der Waals surface area contributed by atoms with Crippen molar-refractivity contribution in [3.8, 4) is 0 Å². The highest BCUT2D eigenvalue weighted by Gasteiger charge is 2.11. The monoisotopic (exact) mass is 296 g/mol. The van der Waals surface area contributed by atoms with E-state index in [4.69, 9.17) is 17.3 Å². The van der Waals surface area contributed by atoms with Crippen LogP contribution in [0.25, 0.3) is 0 Å². The van der Waals surface area contributed by atoms with Gasteiger partial charge in [0, 0.05) is 17.5 Å². The molecule has 0 radical (unpaired) electrons. The van der Waals surface area contributed by atoms with E-state index in [1.807, 2.05) is 31.2 Å².